The van der Waals surface area contributed by atoms with Crippen LogP contribution in [0.2, 0.25) is 0 Å². The minimum Gasteiger partial charge on any atom is -0.488 e. The SMILES string of the molecule is Nc1ccc(COc2ccccc2Br)c2ncccc12. The Balaban J connectivity index is 1.92. The fraction of sp³-hybridized carbons (Fsp3) is 0.0625. The predicted molar refractivity (Wildman–Crippen MR) is 84.6 cm³/mol. The van der Waals surface area contributed by atoms with Crippen LogP contribution in [-0.4, -0.2) is 4.98 Å². The van der Waals surface area contributed by atoms with Crippen molar-refractivity contribution in [2.45, 2.75) is 6.61 Å². The van der Waals surface area contributed by atoms with E-state index in [9.17, 15) is 0 Å². The van der Waals surface area contributed by atoms with Crippen molar-refractivity contribution in [2.24, 2.45) is 0 Å². The van der Waals surface area contributed by atoms with Crippen molar-refractivity contribution in [1.29, 1.82) is 0 Å². The maximum atomic E-state index is 5.97. The van der Waals surface area contributed by atoms with Gasteiger partial charge in [0.15, 0.2) is 0 Å². The Kier molecular flexibility index (Phi) is 3.56. The number of anilines is 1. The summed E-state index contributed by atoms with van der Waals surface area (Å²) in [4.78, 5) is 4.40. The molecule has 0 atom stereocenters. The number of nitrogens with two attached hydrogens (primary N) is 1. The van der Waals surface area contributed by atoms with Crippen molar-refractivity contribution < 1.29 is 4.74 Å². The molecule has 3 aromatic rings. The van der Waals surface area contributed by atoms with Crippen LogP contribution in [0.1, 0.15) is 5.56 Å². The van der Waals surface area contributed by atoms with Crippen molar-refractivity contribution in [1.82, 2.24) is 4.98 Å². The highest BCUT2D eigenvalue weighted by Gasteiger charge is 2.06. The summed E-state index contributed by atoms with van der Waals surface area (Å²) in [5.41, 5.74) is 8.61. The summed E-state index contributed by atoms with van der Waals surface area (Å²) in [6.07, 6.45) is 1.77. The van der Waals surface area contributed by atoms with E-state index in [2.05, 4.69) is 20.9 Å². The zero-order valence-corrected chi connectivity index (χ0v) is 12.3. The van der Waals surface area contributed by atoms with Gasteiger partial charge in [-0.2, -0.15) is 0 Å². The molecule has 4 heteroatoms. The molecule has 1 aromatic heterocycles. The Morgan fingerprint density at radius 2 is 1.90 bits per heavy atom. The summed E-state index contributed by atoms with van der Waals surface area (Å²) in [5.74, 6) is 0.813. The Morgan fingerprint density at radius 1 is 1.05 bits per heavy atom. The lowest BCUT2D eigenvalue weighted by atomic mass is 10.1. The van der Waals surface area contributed by atoms with Gasteiger partial charge in [0.2, 0.25) is 0 Å². The second-order valence-corrected chi connectivity index (χ2v) is 5.29. The molecule has 0 saturated heterocycles. The van der Waals surface area contributed by atoms with E-state index in [0.717, 1.165) is 32.4 Å². The van der Waals surface area contributed by atoms with Gasteiger partial charge in [-0.25, -0.2) is 0 Å². The van der Waals surface area contributed by atoms with Crippen LogP contribution in [0.5, 0.6) is 5.75 Å². The van der Waals surface area contributed by atoms with Crippen LogP contribution >= 0.6 is 15.9 Å². The standard InChI is InChI=1S/C16H13BrN2O/c17-13-5-1-2-6-15(13)20-10-11-7-8-14(18)12-4-3-9-19-16(11)12/h1-9H,10,18H2. The van der Waals surface area contributed by atoms with Crippen molar-refractivity contribution in [3.8, 4) is 5.75 Å². The second-order valence-electron chi connectivity index (χ2n) is 4.43. The summed E-state index contributed by atoms with van der Waals surface area (Å²) >= 11 is 3.47. The van der Waals surface area contributed by atoms with Gasteiger partial charge in [-0.1, -0.05) is 18.2 Å². The van der Waals surface area contributed by atoms with E-state index in [-0.39, 0.29) is 0 Å². The smallest absolute Gasteiger partial charge is 0.133 e. The van der Waals surface area contributed by atoms with Crippen LogP contribution in [0.4, 0.5) is 5.69 Å². The van der Waals surface area contributed by atoms with Gasteiger partial charge in [-0.05, 0) is 46.3 Å². The zero-order valence-electron chi connectivity index (χ0n) is 10.7. The monoisotopic (exact) mass is 328 g/mol. The lowest BCUT2D eigenvalue weighted by Crippen LogP contribution is -1.99. The van der Waals surface area contributed by atoms with Gasteiger partial charge in [0.1, 0.15) is 12.4 Å². The van der Waals surface area contributed by atoms with Crippen LogP contribution in [0, 0.1) is 0 Å². The molecule has 3 rings (SSSR count). The van der Waals surface area contributed by atoms with Gasteiger partial charge in [-0.15, -0.1) is 0 Å². The molecule has 2 aromatic carbocycles. The first-order valence-electron chi connectivity index (χ1n) is 6.25. The van der Waals surface area contributed by atoms with Gasteiger partial charge in [0.05, 0.1) is 9.99 Å². The van der Waals surface area contributed by atoms with E-state index in [0.29, 0.717) is 6.61 Å². The molecule has 0 fully saturated rings. The van der Waals surface area contributed by atoms with Crippen LogP contribution in [-0.2, 0) is 6.61 Å². The number of hydrogen-bond acceptors (Lipinski definition) is 3. The quantitative estimate of drug-likeness (QED) is 0.734. The van der Waals surface area contributed by atoms with E-state index in [4.69, 9.17) is 10.5 Å². The molecule has 0 spiro atoms. The maximum Gasteiger partial charge on any atom is 0.133 e. The molecule has 20 heavy (non-hydrogen) atoms. The molecule has 2 N–H and O–H groups in total. The number of rotatable bonds is 3. The minimum absolute atomic E-state index is 0.455. The summed E-state index contributed by atoms with van der Waals surface area (Å²) in [6.45, 7) is 0.455. The fourth-order valence-electron chi connectivity index (χ4n) is 2.09. The highest BCUT2D eigenvalue weighted by molar-refractivity contribution is 9.10. The van der Waals surface area contributed by atoms with Crippen molar-refractivity contribution in [3.63, 3.8) is 0 Å². The van der Waals surface area contributed by atoms with Gasteiger partial charge in [-0.3, -0.25) is 4.98 Å². The molecule has 0 unspecified atom stereocenters. The fourth-order valence-corrected chi connectivity index (χ4v) is 2.49. The molecule has 0 saturated carbocycles. The number of fused-ring (bicyclic) bond motifs is 1. The number of halogens is 1. The maximum absolute atomic E-state index is 5.97. The first-order valence-corrected chi connectivity index (χ1v) is 7.04. The topological polar surface area (TPSA) is 48.1 Å². The Labute approximate surface area is 125 Å². The average molecular weight is 329 g/mol. The number of nitrogen functional groups attached to an aromatic ring is 1. The third-order valence-corrected chi connectivity index (χ3v) is 3.76. The average Bonchev–Trinajstić information content (AvgIpc) is 2.48. The molecule has 0 aliphatic carbocycles. The summed E-state index contributed by atoms with van der Waals surface area (Å²) < 4.78 is 6.78. The molecule has 100 valence electrons. The van der Waals surface area contributed by atoms with E-state index in [1.54, 1.807) is 6.20 Å². The van der Waals surface area contributed by atoms with Crippen LogP contribution in [0.3, 0.4) is 0 Å². The largest absolute Gasteiger partial charge is 0.488 e. The van der Waals surface area contributed by atoms with Gasteiger partial charge in [0, 0.05) is 22.8 Å². The number of ether oxygens (including phenoxy) is 1. The van der Waals surface area contributed by atoms with E-state index < -0.39 is 0 Å². The number of benzene rings is 2. The lowest BCUT2D eigenvalue weighted by molar-refractivity contribution is 0.305. The first kappa shape index (κ1) is 12.9. The number of aromatic nitrogens is 1. The number of hydrogen-bond donors (Lipinski definition) is 1. The highest BCUT2D eigenvalue weighted by atomic mass is 79.9. The summed E-state index contributed by atoms with van der Waals surface area (Å²) in [5, 5.41) is 0.959. The van der Waals surface area contributed by atoms with Crippen LogP contribution < -0.4 is 10.5 Å². The molecular formula is C16H13BrN2O. The summed E-state index contributed by atoms with van der Waals surface area (Å²) in [7, 11) is 0. The molecular weight excluding hydrogens is 316 g/mol. The van der Waals surface area contributed by atoms with Gasteiger partial charge >= 0.3 is 0 Å². The van der Waals surface area contributed by atoms with Gasteiger partial charge in [0.25, 0.3) is 0 Å². The number of nitrogens with zero attached hydrogens (tertiary/aromatic N) is 1. The molecule has 1 heterocycles. The Morgan fingerprint density at radius 3 is 2.75 bits per heavy atom. The Bertz CT molecular complexity index is 758. The third kappa shape index (κ3) is 2.47. The first-order chi connectivity index (χ1) is 9.75. The third-order valence-electron chi connectivity index (χ3n) is 3.11. The number of pyridine rings is 1. The van der Waals surface area contributed by atoms with Crippen LogP contribution in [0.25, 0.3) is 10.9 Å². The molecule has 0 aliphatic heterocycles. The van der Waals surface area contributed by atoms with Gasteiger partial charge < -0.3 is 10.5 Å². The normalized spacial score (nSPS) is 10.7. The predicted octanol–water partition coefficient (Wildman–Crippen LogP) is 4.16. The van der Waals surface area contributed by atoms with Crippen molar-refractivity contribution >= 4 is 32.5 Å². The second kappa shape index (κ2) is 5.51. The van der Waals surface area contributed by atoms with E-state index in [1.165, 1.54) is 0 Å². The Hall–Kier alpha value is -2.07. The molecule has 3 nitrogen and oxygen atoms in total. The molecule has 0 radical (unpaired) electrons. The number of para-hydroxylation sites is 1. The molecule has 0 amide bonds. The minimum atomic E-state index is 0.455. The van der Waals surface area contributed by atoms with Crippen LogP contribution in [0.15, 0.2) is 59.2 Å². The lowest BCUT2D eigenvalue weighted by Gasteiger charge is -2.10. The van der Waals surface area contributed by atoms with Crippen molar-refractivity contribution in [3.05, 3.63) is 64.8 Å². The summed E-state index contributed by atoms with van der Waals surface area (Å²) in [6, 6.07) is 15.5. The highest BCUT2D eigenvalue weighted by Crippen LogP contribution is 2.27. The van der Waals surface area contributed by atoms with E-state index in [1.807, 2.05) is 48.5 Å². The molecule has 0 aliphatic rings. The van der Waals surface area contributed by atoms with Crippen molar-refractivity contribution in [2.75, 3.05) is 5.73 Å². The molecule has 0 bridgehead atoms. The zero-order chi connectivity index (χ0) is 13.9. The van der Waals surface area contributed by atoms with E-state index >= 15 is 0 Å².